The van der Waals surface area contributed by atoms with Crippen molar-refractivity contribution in [3.05, 3.63) is 47.7 Å². The molecule has 0 aliphatic carbocycles. The van der Waals surface area contributed by atoms with Crippen molar-refractivity contribution in [3.8, 4) is 0 Å². The molecule has 0 spiro atoms. The summed E-state index contributed by atoms with van der Waals surface area (Å²) in [6.45, 7) is 2.04. The number of rotatable bonds is 2. The van der Waals surface area contributed by atoms with Gasteiger partial charge in [0.25, 0.3) is 0 Å². The van der Waals surface area contributed by atoms with E-state index in [0.717, 1.165) is 16.5 Å². The molecular weight excluding hydrogens is 214 g/mol. The van der Waals surface area contributed by atoms with Crippen LogP contribution >= 0.6 is 0 Å². The highest BCUT2D eigenvalue weighted by molar-refractivity contribution is 5.88. The Kier molecular flexibility index (Phi) is 3.19. The minimum absolute atomic E-state index is 0.366. The summed E-state index contributed by atoms with van der Waals surface area (Å²) in [5.74, 6) is -0.366. The van der Waals surface area contributed by atoms with Gasteiger partial charge >= 0.3 is 5.97 Å². The van der Waals surface area contributed by atoms with Crippen molar-refractivity contribution in [3.63, 3.8) is 0 Å². The van der Waals surface area contributed by atoms with Crippen molar-refractivity contribution in [2.45, 2.75) is 6.92 Å². The fourth-order valence-corrected chi connectivity index (χ4v) is 1.59. The van der Waals surface area contributed by atoms with Gasteiger partial charge in [0, 0.05) is 17.7 Å². The molecule has 0 atom stereocenters. The second-order valence-corrected chi connectivity index (χ2v) is 3.82. The molecule has 1 aromatic heterocycles. The second-order valence-electron chi connectivity index (χ2n) is 3.82. The molecule has 0 saturated heterocycles. The van der Waals surface area contributed by atoms with Gasteiger partial charge in [-0.25, -0.2) is 4.79 Å². The number of carbonyl (C=O) groups excluding carboxylic acids is 1. The third-order valence-corrected chi connectivity index (χ3v) is 2.47. The van der Waals surface area contributed by atoms with Crippen LogP contribution in [0.15, 0.2) is 36.5 Å². The van der Waals surface area contributed by atoms with E-state index >= 15 is 0 Å². The maximum Gasteiger partial charge on any atom is 0.330 e. The fourth-order valence-electron chi connectivity index (χ4n) is 1.59. The van der Waals surface area contributed by atoms with Crippen LogP contribution in [0.25, 0.3) is 17.0 Å². The van der Waals surface area contributed by atoms with Crippen LogP contribution in [0.3, 0.4) is 0 Å². The average molecular weight is 227 g/mol. The molecule has 0 unspecified atom stereocenters. The van der Waals surface area contributed by atoms with Gasteiger partial charge in [-0.15, -0.1) is 0 Å². The molecule has 0 aliphatic heterocycles. The molecule has 3 nitrogen and oxygen atoms in total. The number of benzene rings is 1. The highest BCUT2D eigenvalue weighted by Crippen LogP contribution is 2.15. The van der Waals surface area contributed by atoms with Crippen molar-refractivity contribution in [2.75, 3.05) is 7.11 Å². The predicted molar refractivity (Wildman–Crippen MR) is 67.5 cm³/mol. The first-order valence-corrected chi connectivity index (χ1v) is 5.31. The Hall–Kier alpha value is -2.16. The SMILES string of the molecule is COC(=O)/C=C\c1cnc2ccc(C)cc2c1. The Morgan fingerprint density at radius 3 is 2.94 bits per heavy atom. The number of esters is 1. The number of aryl methyl sites for hydroxylation is 1. The quantitative estimate of drug-likeness (QED) is 0.585. The summed E-state index contributed by atoms with van der Waals surface area (Å²) in [5, 5.41) is 1.07. The van der Waals surface area contributed by atoms with Crippen molar-refractivity contribution in [2.24, 2.45) is 0 Å². The maximum atomic E-state index is 11.0. The number of nitrogens with zero attached hydrogens (tertiary/aromatic N) is 1. The molecule has 0 fully saturated rings. The number of fused-ring (bicyclic) bond motifs is 1. The summed E-state index contributed by atoms with van der Waals surface area (Å²) in [4.78, 5) is 15.3. The van der Waals surface area contributed by atoms with E-state index in [1.54, 1.807) is 12.3 Å². The zero-order valence-electron chi connectivity index (χ0n) is 9.81. The lowest BCUT2D eigenvalue weighted by molar-refractivity contribution is -0.134. The first kappa shape index (κ1) is 11.3. The van der Waals surface area contributed by atoms with E-state index in [9.17, 15) is 4.79 Å². The number of hydrogen-bond acceptors (Lipinski definition) is 3. The molecule has 2 aromatic rings. The molecule has 1 heterocycles. The van der Waals surface area contributed by atoms with Crippen molar-refractivity contribution < 1.29 is 9.53 Å². The molecule has 86 valence electrons. The molecule has 3 heteroatoms. The van der Waals surface area contributed by atoms with E-state index in [1.165, 1.54) is 18.7 Å². The van der Waals surface area contributed by atoms with Crippen LogP contribution in [0, 0.1) is 6.92 Å². The van der Waals surface area contributed by atoms with Crippen molar-refractivity contribution in [1.29, 1.82) is 0 Å². The molecule has 17 heavy (non-hydrogen) atoms. The van der Waals surface area contributed by atoms with Crippen LogP contribution in [0.5, 0.6) is 0 Å². The third-order valence-electron chi connectivity index (χ3n) is 2.47. The number of aromatic nitrogens is 1. The minimum atomic E-state index is -0.366. The van der Waals surface area contributed by atoms with Crippen LogP contribution in [-0.4, -0.2) is 18.1 Å². The minimum Gasteiger partial charge on any atom is -0.466 e. The van der Waals surface area contributed by atoms with E-state index in [0.29, 0.717) is 0 Å². The summed E-state index contributed by atoms with van der Waals surface area (Å²) in [7, 11) is 1.36. The van der Waals surface area contributed by atoms with Crippen molar-refractivity contribution >= 4 is 22.9 Å². The molecule has 0 N–H and O–H groups in total. The number of methoxy groups -OCH3 is 1. The van der Waals surface area contributed by atoms with Gasteiger partial charge in [0.05, 0.1) is 12.6 Å². The predicted octanol–water partition coefficient (Wildman–Crippen LogP) is 2.73. The highest BCUT2D eigenvalue weighted by atomic mass is 16.5. The molecule has 0 aliphatic rings. The molecule has 2 rings (SSSR count). The van der Waals surface area contributed by atoms with Crippen LogP contribution in [0.4, 0.5) is 0 Å². The Bertz CT molecular complexity index is 588. The third kappa shape index (κ3) is 2.69. The molecule has 0 amide bonds. The lowest BCUT2D eigenvalue weighted by Gasteiger charge is -2.00. The first-order valence-electron chi connectivity index (χ1n) is 5.31. The lowest BCUT2D eigenvalue weighted by Crippen LogP contribution is -1.93. The Morgan fingerprint density at radius 2 is 2.18 bits per heavy atom. The average Bonchev–Trinajstić information content (AvgIpc) is 2.35. The second kappa shape index (κ2) is 4.78. The number of pyridine rings is 1. The van der Waals surface area contributed by atoms with Gasteiger partial charge in [0.1, 0.15) is 0 Å². The Labute approximate surface area is 99.7 Å². The van der Waals surface area contributed by atoms with Gasteiger partial charge in [-0.3, -0.25) is 4.98 Å². The molecule has 0 bridgehead atoms. The smallest absolute Gasteiger partial charge is 0.330 e. The van der Waals surface area contributed by atoms with Gasteiger partial charge in [-0.2, -0.15) is 0 Å². The number of carbonyl (C=O) groups is 1. The zero-order chi connectivity index (χ0) is 12.3. The largest absolute Gasteiger partial charge is 0.466 e. The van der Waals surface area contributed by atoms with E-state index in [2.05, 4.69) is 15.8 Å². The standard InChI is InChI=1S/C14H13NO2/c1-10-3-5-13-12(7-10)8-11(9-15-13)4-6-14(16)17-2/h3-9H,1-2H3/b6-4-. The first-order chi connectivity index (χ1) is 8.19. The fraction of sp³-hybridized carbons (Fsp3) is 0.143. The lowest BCUT2D eigenvalue weighted by atomic mass is 10.1. The van der Waals surface area contributed by atoms with Gasteiger partial charge in [-0.1, -0.05) is 11.6 Å². The molecular formula is C14H13NO2. The molecule has 1 aromatic carbocycles. The maximum absolute atomic E-state index is 11.0. The van der Waals surface area contributed by atoms with Gasteiger partial charge in [-0.05, 0) is 36.8 Å². The summed E-state index contributed by atoms with van der Waals surface area (Å²) in [6.07, 6.45) is 4.82. The summed E-state index contributed by atoms with van der Waals surface area (Å²) in [5.41, 5.74) is 3.02. The van der Waals surface area contributed by atoms with Gasteiger partial charge in [0.15, 0.2) is 0 Å². The van der Waals surface area contributed by atoms with Crippen LogP contribution in [0.2, 0.25) is 0 Å². The summed E-state index contributed by atoms with van der Waals surface area (Å²) < 4.78 is 4.53. The van der Waals surface area contributed by atoms with E-state index in [1.807, 2.05) is 25.1 Å². The van der Waals surface area contributed by atoms with Crippen LogP contribution < -0.4 is 0 Å². The van der Waals surface area contributed by atoms with Gasteiger partial charge in [0.2, 0.25) is 0 Å². The highest BCUT2D eigenvalue weighted by Gasteiger charge is 1.97. The van der Waals surface area contributed by atoms with E-state index in [4.69, 9.17) is 0 Å². The number of hydrogen-bond donors (Lipinski definition) is 0. The molecule has 0 saturated carbocycles. The normalized spacial score (nSPS) is 10.9. The summed E-state index contributed by atoms with van der Waals surface area (Å²) >= 11 is 0. The van der Waals surface area contributed by atoms with Crippen molar-refractivity contribution in [1.82, 2.24) is 4.98 Å². The Balaban J connectivity index is 2.37. The molecule has 0 radical (unpaired) electrons. The Morgan fingerprint density at radius 1 is 1.35 bits per heavy atom. The topological polar surface area (TPSA) is 39.2 Å². The van der Waals surface area contributed by atoms with E-state index in [-0.39, 0.29) is 5.97 Å². The van der Waals surface area contributed by atoms with Crippen LogP contribution in [-0.2, 0) is 9.53 Å². The van der Waals surface area contributed by atoms with Crippen LogP contribution in [0.1, 0.15) is 11.1 Å². The monoisotopic (exact) mass is 227 g/mol. The van der Waals surface area contributed by atoms with E-state index < -0.39 is 0 Å². The zero-order valence-corrected chi connectivity index (χ0v) is 9.81. The van der Waals surface area contributed by atoms with Gasteiger partial charge < -0.3 is 4.74 Å². The number of ether oxygens (including phenoxy) is 1. The summed E-state index contributed by atoms with van der Waals surface area (Å²) in [6, 6.07) is 8.07.